The Kier molecular flexibility index (Phi) is 9.06. The average Bonchev–Trinajstić information content (AvgIpc) is 1.35. The lowest BCUT2D eigenvalue weighted by atomic mass is 10.5. The molecule has 0 rings (SSSR count). The van der Waals surface area contributed by atoms with Crippen molar-refractivity contribution in [2.45, 2.75) is 6.42 Å². The van der Waals surface area contributed by atoms with Gasteiger partial charge in [0.2, 0.25) is 0 Å². The summed E-state index contributed by atoms with van der Waals surface area (Å²) < 4.78 is 0. The topological polar surface area (TPSA) is 57.5 Å². The van der Waals surface area contributed by atoms with E-state index in [9.17, 15) is 4.79 Å². The van der Waals surface area contributed by atoms with E-state index in [1.807, 2.05) is 0 Å². The highest BCUT2D eigenvalue weighted by Crippen LogP contribution is 1.70. The summed E-state index contributed by atoms with van der Waals surface area (Å²) in [4.78, 5) is 9.44. The van der Waals surface area contributed by atoms with Gasteiger partial charge in [0.25, 0.3) is 0 Å². The number of carbonyl (C=O) groups is 1. The quantitative estimate of drug-likeness (QED) is 0.434. The molecule has 0 aliphatic heterocycles. The van der Waals surface area contributed by atoms with Gasteiger partial charge in [0, 0.05) is 0 Å². The van der Waals surface area contributed by atoms with Crippen LogP contribution in [0.4, 0.5) is 0 Å². The molecule has 3 nitrogen and oxygen atoms in total. The van der Waals surface area contributed by atoms with Gasteiger partial charge in [0.05, 0.1) is 13.0 Å². The molecule has 0 saturated heterocycles. The predicted molar refractivity (Wildman–Crippen MR) is 27.9 cm³/mol. The Labute approximate surface area is 57.5 Å². The smallest absolute Gasteiger partial charge is 0.316 e. The van der Waals surface area contributed by atoms with Crippen molar-refractivity contribution >= 4 is 29.0 Å². The Balaban J connectivity index is 0. The molecule has 0 atom stereocenters. The molecule has 4 heteroatoms. The monoisotopic (exact) mass is 116 g/mol. The van der Waals surface area contributed by atoms with Crippen molar-refractivity contribution in [3.63, 3.8) is 0 Å². The van der Waals surface area contributed by atoms with Gasteiger partial charge in [-0.2, -0.15) is 0 Å². The Hall–Kier alpha value is 0.196. The standard InChI is InChI=1S/C3H6O3.Mg.2H/c4-2-1-3(5)6;;;/h4H,1-2H2,(H,5,6);;;. The van der Waals surface area contributed by atoms with Crippen LogP contribution in [0.3, 0.4) is 0 Å². The van der Waals surface area contributed by atoms with Gasteiger partial charge in [0.15, 0.2) is 0 Å². The van der Waals surface area contributed by atoms with Gasteiger partial charge in [-0.05, 0) is 0 Å². The van der Waals surface area contributed by atoms with Crippen molar-refractivity contribution in [2.75, 3.05) is 6.61 Å². The third-order valence-corrected chi connectivity index (χ3v) is 0.326. The number of aliphatic carboxylic acids is 1. The zero-order valence-corrected chi connectivity index (χ0v) is 3.22. The van der Waals surface area contributed by atoms with Crippen molar-refractivity contribution in [1.82, 2.24) is 0 Å². The van der Waals surface area contributed by atoms with E-state index in [4.69, 9.17) is 10.2 Å². The summed E-state index contributed by atoms with van der Waals surface area (Å²) in [5.74, 6) is -0.961. The maximum absolute atomic E-state index is 9.44. The first-order valence-electron chi connectivity index (χ1n) is 1.60. The van der Waals surface area contributed by atoms with Crippen LogP contribution in [0.25, 0.3) is 0 Å². The third-order valence-electron chi connectivity index (χ3n) is 0.326. The molecule has 0 aromatic rings. The van der Waals surface area contributed by atoms with E-state index in [1.54, 1.807) is 0 Å². The maximum Gasteiger partial charge on any atom is 0.316 e. The Morgan fingerprint density at radius 1 is 1.57 bits per heavy atom. The van der Waals surface area contributed by atoms with Crippen LogP contribution in [0.15, 0.2) is 0 Å². The van der Waals surface area contributed by atoms with Crippen LogP contribution in [0.2, 0.25) is 0 Å². The van der Waals surface area contributed by atoms with Crippen LogP contribution in [0, 0.1) is 0 Å². The van der Waals surface area contributed by atoms with Gasteiger partial charge in [-0.15, -0.1) is 0 Å². The van der Waals surface area contributed by atoms with Gasteiger partial charge in [-0.3, -0.25) is 4.79 Å². The molecule has 0 aromatic heterocycles. The van der Waals surface area contributed by atoms with Crippen LogP contribution in [-0.4, -0.2) is 45.8 Å². The molecule has 7 heavy (non-hydrogen) atoms. The fourth-order valence-corrected chi connectivity index (χ4v) is 0.0956. The molecule has 0 aromatic carbocycles. The highest BCUT2D eigenvalue weighted by Gasteiger charge is 1.88. The lowest BCUT2D eigenvalue weighted by Crippen LogP contribution is -1.96. The molecule has 0 aliphatic carbocycles. The summed E-state index contributed by atoms with van der Waals surface area (Å²) in [5, 5.41) is 15.6. The minimum Gasteiger partial charge on any atom is -0.481 e. The molecule has 0 bridgehead atoms. The van der Waals surface area contributed by atoms with E-state index in [1.165, 1.54) is 0 Å². The van der Waals surface area contributed by atoms with Crippen molar-refractivity contribution in [1.29, 1.82) is 0 Å². The molecular formula is C3H8MgO3. The van der Waals surface area contributed by atoms with Crippen LogP contribution in [0.1, 0.15) is 6.42 Å². The molecule has 40 valence electrons. The Morgan fingerprint density at radius 2 is 2.00 bits per heavy atom. The van der Waals surface area contributed by atoms with Crippen LogP contribution in [0.5, 0.6) is 0 Å². The number of hydrogen-bond donors (Lipinski definition) is 2. The zero-order chi connectivity index (χ0) is 4.99. The number of carboxylic acid groups (broad SMARTS) is 1. The van der Waals surface area contributed by atoms with Gasteiger partial charge in [-0.25, -0.2) is 0 Å². The second-order valence-electron chi connectivity index (χ2n) is 0.867. The zero-order valence-electron chi connectivity index (χ0n) is 3.22. The summed E-state index contributed by atoms with van der Waals surface area (Å²) in [7, 11) is 0. The van der Waals surface area contributed by atoms with Gasteiger partial charge >= 0.3 is 29.0 Å². The SMILES string of the molecule is O=C(O)CCO.[MgH2]. The minimum absolute atomic E-state index is 0. The van der Waals surface area contributed by atoms with E-state index >= 15 is 0 Å². The highest BCUT2D eigenvalue weighted by atomic mass is 24.3. The molecule has 0 spiro atoms. The fourth-order valence-electron chi connectivity index (χ4n) is 0.0956. The lowest BCUT2D eigenvalue weighted by molar-refractivity contribution is -0.137. The summed E-state index contributed by atoms with van der Waals surface area (Å²) in [5.41, 5.74) is 0. The maximum atomic E-state index is 9.44. The van der Waals surface area contributed by atoms with Gasteiger partial charge < -0.3 is 10.2 Å². The summed E-state index contributed by atoms with van der Waals surface area (Å²) in [6.07, 6.45) is -0.153. The fraction of sp³-hybridized carbons (Fsp3) is 0.667. The molecule has 0 unspecified atom stereocenters. The molecular weight excluding hydrogens is 108 g/mol. The Bertz CT molecular complexity index is 54.1. The molecule has 0 amide bonds. The predicted octanol–water partition coefficient (Wildman–Crippen LogP) is -1.46. The largest absolute Gasteiger partial charge is 0.481 e. The van der Waals surface area contributed by atoms with E-state index in [0.29, 0.717) is 0 Å². The summed E-state index contributed by atoms with van der Waals surface area (Å²) >= 11 is 0. The van der Waals surface area contributed by atoms with E-state index < -0.39 is 5.97 Å². The Morgan fingerprint density at radius 3 is 2.00 bits per heavy atom. The number of aliphatic hydroxyl groups excluding tert-OH is 1. The molecule has 2 N–H and O–H groups in total. The van der Waals surface area contributed by atoms with E-state index in [0.717, 1.165) is 0 Å². The van der Waals surface area contributed by atoms with E-state index in [2.05, 4.69) is 0 Å². The lowest BCUT2D eigenvalue weighted by Gasteiger charge is -1.79. The number of carboxylic acids is 1. The molecule has 0 aliphatic rings. The van der Waals surface area contributed by atoms with Crippen molar-refractivity contribution in [3.8, 4) is 0 Å². The molecule has 0 fully saturated rings. The molecule has 0 saturated carbocycles. The second kappa shape index (κ2) is 6.20. The number of rotatable bonds is 2. The number of hydrogen-bond acceptors (Lipinski definition) is 2. The van der Waals surface area contributed by atoms with E-state index in [-0.39, 0.29) is 36.1 Å². The summed E-state index contributed by atoms with van der Waals surface area (Å²) in [6, 6.07) is 0. The first-order valence-corrected chi connectivity index (χ1v) is 1.60. The molecule has 0 heterocycles. The number of aliphatic hydroxyl groups is 1. The molecule has 0 radical (unpaired) electrons. The average molecular weight is 116 g/mol. The third kappa shape index (κ3) is 10.7. The minimum atomic E-state index is -0.961. The van der Waals surface area contributed by atoms with Gasteiger partial charge in [0.1, 0.15) is 0 Å². The first kappa shape index (κ1) is 10.2. The highest BCUT2D eigenvalue weighted by molar-refractivity contribution is 5.75. The van der Waals surface area contributed by atoms with Gasteiger partial charge in [-0.1, -0.05) is 0 Å². The van der Waals surface area contributed by atoms with Crippen molar-refractivity contribution in [2.24, 2.45) is 0 Å². The van der Waals surface area contributed by atoms with Crippen LogP contribution >= 0.6 is 0 Å². The summed E-state index contributed by atoms with van der Waals surface area (Å²) in [6.45, 7) is -0.269. The van der Waals surface area contributed by atoms with Crippen LogP contribution < -0.4 is 0 Å². The van der Waals surface area contributed by atoms with Crippen LogP contribution in [-0.2, 0) is 4.79 Å². The van der Waals surface area contributed by atoms with Crippen molar-refractivity contribution < 1.29 is 15.0 Å². The first-order chi connectivity index (χ1) is 2.77. The second-order valence-corrected chi connectivity index (χ2v) is 0.867. The normalized spacial score (nSPS) is 7.00. The van der Waals surface area contributed by atoms with Crippen molar-refractivity contribution in [3.05, 3.63) is 0 Å².